The monoisotopic (exact) mass is 522 g/mol. The average molecular weight is 523 g/mol. The number of hydrogen-bond donors (Lipinski definition) is 2. The zero-order valence-electron chi connectivity index (χ0n) is 20.8. The molecule has 198 valence electrons. The molecule has 0 saturated heterocycles. The molecule has 0 aromatic heterocycles. The van der Waals surface area contributed by atoms with Crippen LogP contribution in [-0.2, 0) is 0 Å². The number of hydrogen-bond acceptors (Lipinski definition) is 8. The Morgan fingerprint density at radius 2 is 1.05 bits per heavy atom. The normalized spacial score (nSPS) is 10.4. The maximum atomic E-state index is 12.9. The molecule has 0 aliphatic heterocycles. The van der Waals surface area contributed by atoms with Gasteiger partial charge in [0.15, 0.2) is 0 Å². The number of benzene rings is 3. The molecule has 0 bridgehead atoms. The van der Waals surface area contributed by atoms with Crippen molar-refractivity contribution in [2.24, 2.45) is 0 Å². The Bertz CT molecular complexity index is 1240. The topological polar surface area (TPSA) is 163 Å². The fraction of sp³-hybridized carbons (Fsp3) is 0.231. The number of ether oxygens (including phenoxy) is 2. The summed E-state index contributed by atoms with van der Waals surface area (Å²) in [6.07, 6.45) is 1.38. The summed E-state index contributed by atoms with van der Waals surface area (Å²) in [7, 11) is 0. The van der Waals surface area contributed by atoms with Gasteiger partial charge in [-0.2, -0.15) is 0 Å². The summed E-state index contributed by atoms with van der Waals surface area (Å²) in [5.41, 5.74) is 0.248. The Morgan fingerprint density at radius 1 is 0.684 bits per heavy atom. The molecule has 0 radical (unpaired) electrons. The quantitative estimate of drug-likeness (QED) is 0.230. The van der Waals surface area contributed by atoms with Gasteiger partial charge in [-0.1, -0.05) is 13.8 Å². The van der Waals surface area contributed by atoms with Crippen LogP contribution in [0.3, 0.4) is 0 Å². The molecule has 0 aliphatic rings. The second-order valence-electron chi connectivity index (χ2n) is 8.06. The molecule has 0 unspecified atom stereocenters. The average Bonchev–Trinajstić information content (AvgIpc) is 2.91. The van der Waals surface area contributed by atoms with Crippen LogP contribution in [0.5, 0.6) is 11.5 Å². The Morgan fingerprint density at radius 3 is 1.37 bits per heavy atom. The standard InChI is InChI=1S/C26H26N4O8/c1-3-13-37-23-11-9-19(29(33)34)15-21(23)25(31)27-17-5-7-18(8-6-17)28-26(32)22-16-20(30(35)36)10-12-24(22)38-14-4-2/h5-12,15-16H,3-4,13-14H2,1-2H3,(H,27,31)(H,28,32). The molecule has 0 fully saturated rings. The first-order chi connectivity index (χ1) is 18.2. The van der Waals surface area contributed by atoms with Crippen molar-refractivity contribution in [2.45, 2.75) is 26.7 Å². The van der Waals surface area contributed by atoms with Gasteiger partial charge < -0.3 is 20.1 Å². The van der Waals surface area contributed by atoms with Crippen molar-refractivity contribution in [2.75, 3.05) is 23.8 Å². The third-order valence-corrected chi connectivity index (χ3v) is 5.16. The highest BCUT2D eigenvalue weighted by Crippen LogP contribution is 2.27. The molecule has 38 heavy (non-hydrogen) atoms. The van der Waals surface area contributed by atoms with Gasteiger partial charge in [0, 0.05) is 35.6 Å². The van der Waals surface area contributed by atoms with E-state index in [1.54, 1.807) is 0 Å². The van der Waals surface area contributed by atoms with Crippen molar-refractivity contribution in [3.8, 4) is 11.5 Å². The number of carbonyl (C=O) groups excluding carboxylic acids is 2. The molecule has 0 spiro atoms. The number of non-ortho nitro benzene ring substituents is 2. The van der Waals surface area contributed by atoms with E-state index in [4.69, 9.17) is 9.47 Å². The van der Waals surface area contributed by atoms with E-state index >= 15 is 0 Å². The van der Waals surface area contributed by atoms with Gasteiger partial charge in [0.05, 0.1) is 34.2 Å². The van der Waals surface area contributed by atoms with Crippen LogP contribution >= 0.6 is 0 Å². The Labute approximate surface area is 217 Å². The van der Waals surface area contributed by atoms with Gasteiger partial charge in [-0.15, -0.1) is 0 Å². The van der Waals surface area contributed by atoms with Crippen LogP contribution in [0.4, 0.5) is 22.7 Å². The smallest absolute Gasteiger partial charge is 0.270 e. The summed E-state index contributed by atoms with van der Waals surface area (Å²) < 4.78 is 11.1. The van der Waals surface area contributed by atoms with Crippen LogP contribution in [0.1, 0.15) is 47.4 Å². The first kappa shape index (κ1) is 27.6. The number of anilines is 2. The number of nitrogens with one attached hydrogen (secondary N) is 2. The van der Waals surface area contributed by atoms with E-state index in [1.807, 2.05) is 13.8 Å². The predicted molar refractivity (Wildman–Crippen MR) is 140 cm³/mol. The van der Waals surface area contributed by atoms with Crippen LogP contribution in [0.2, 0.25) is 0 Å². The third-order valence-electron chi connectivity index (χ3n) is 5.16. The molecule has 3 aromatic carbocycles. The molecule has 12 heteroatoms. The number of nitro benzene ring substituents is 2. The lowest BCUT2D eigenvalue weighted by atomic mass is 10.1. The number of nitrogens with zero attached hydrogens (tertiary/aromatic N) is 2. The maximum Gasteiger partial charge on any atom is 0.270 e. The lowest BCUT2D eigenvalue weighted by Crippen LogP contribution is -2.15. The summed E-state index contributed by atoms with van der Waals surface area (Å²) in [5, 5.41) is 27.7. The minimum atomic E-state index is -0.606. The summed E-state index contributed by atoms with van der Waals surface area (Å²) in [4.78, 5) is 46.9. The molecule has 0 atom stereocenters. The number of carbonyl (C=O) groups is 2. The van der Waals surface area contributed by atoms with E-state index in [0.717, 1.165) is 12.1 Å². The van der Waals surface area contributed by atoms with Crippen molar-refractivity contribution in [1.82, 2.24) is 0 Å². The van der Waals surface area contributed by atoms with Crippen molar-refractivity contribution in [3.05, 3.63) is 92.0 Å². The summed E-state index contributed by atoms with van der Waals surface area (Å²) in [6, 6.07) is 13.7. The second-order valence-corrected chi connectivity index (χ2v) is 8.06. The minimum Gasteiger partial charge on any atom is -0.493 e. The molecule has 0 heterocycles. The Balaban J connectivity index is 1.76. The molecule has 3 aromatic rings. The number of nitro groups is 2. The number of rotatable bonds is 12. The Kier molecular flexibility index (Phi) is 9.30. The molecule has 2 amide bonds. The van der Waals surface area contributed by atoms with Crippen LogP contribution < -0.4 is 20.1 Å². The highest BCUT2D eigenvalue weighted by molar-refractivity contribution is 6.08. The summed E-state index contributed by atoms with van der Waals surface area (Å²) in [6.45, 7) is 4.46. The lowest BCUT2D eigenvalue weighted by Gasteiger charge is -2.13. The molecule has 12 nitrogen and oxygen atoms in total. The van der Waals surface area contributed by atoms with E-state index in [-0.39, 0.29) is 34.0 Å². The van der Waals surface area contributed by atoms with E-state index in [9.17, 15) is 29.8 Å². The van der Waals surface area contributed by atoms with Gasteiger partial charge in [-0.05, 0) is 49.2 Å². The van der Waals surface area contributed by atoms with Crippen LogP contribution in [-0.4, -0.2) is 34.9 Å². The third kappa shape index (κ3) is 7.03. The van der Waals surface area contributed by atoms with E-state index < -0.39 is 21.7 Å². The van der Waals surface area contributed by atoms with Gasteiger partial charge >= 0.3 is 0 Å². The zero-order valence-corrected chi connectivity index (χ0v) is 20.8. The van der Waals surface area contributed by atoms with Crippen molar-refractivity contribution in [3.63, 3.8) is 0 Å². The predicted octanol–water partition coefficient (Wildman–Crippen LogP) is 5.59. The second kappa shape index (κ2) is 12.8. The van der Waals surface area contributed by atoms with Gasteiger partial charge in [0.25, 0.3) is 23.2 Å². The molecular formula is C26H26N4O8. The number of amides is 2. The molecule has 0 saturated carbocycles. The van der Waals surface area contributed by atoms with Gasteiger partial charge in [0.2, 0.25) is 0 Å². The SMILES string of the molecule is CCCOc1ccc([N+](=O)[O-])cc1C(=O)Nc1ccc(NC(=O)c2cc([N+](=O)[O-])ccc2OCCC)cc1. The highest BCUT2D eigenvalue weighted by Gasteiger charge is 2.20. The molecular weight excluding hydrogens is 496 g/mol. The van der Waals surface area contributed by atoms with E-state index in [2.05, 4.69) is 10.6 Å². The Hall–Kier alpha value is -5.00. The first-order valence-corrected chi connectivity index (χ1v) is 11.8. The van der Waals surface area contributed by atoms with Crippen molar-refractivity contribution >= 4 is 34.6 Å². The summed E-state index contributed by atoms with van der Waals surface area (Å²) >= 11 is 0. The van der Waals surface area contributed by atoms with Crippen LogP contribution in [0.25, 0.3) is 0 Å². The van der Waals surface area contributed by atoms with Crippen LogP contribution in [0.15, 0.2) is 60.7 Å². The fourth-order valence-electron chi connectivity index (χ4n) is 3.33. The largest absolute Gasteiger partial charge is 0.493 e. The highest BCUT2D eigenvalue weighted by atomic mass is 16.6. The molecule has 2 N–H and O–H groups in total. The van der Waals surface area contributed by atoms with Crippen molar-refractivity contribution in [1.29, 1.82) is 0 Å². The van der Waals surface area contributed by atoms with E-state index in [0.29, 0.717) is 37.4 Å². The fourth-order valence-corrected chi connectivity index (χ4v) is 3.33. The zero-order chi connectivity index (χ0) is 27.7. The van der Waals surface area contributed by atoms with Crippen LogP contribution in [0, 0.1) is 20.2 Å². The van der Waals surface area contributed by atoms with Gasteiger partial charge in [-0.3, -0.25) is 29.8 Å². The summed E-state index contributed by atoms with van der Waals surface area (Å²) in [5.74, 6) is -0.773. The minimum absolute atomic E-state index is 0.00955. The molecule has 3 rings (SSSR count). The van der Waals surface area contributed by atoms with Crippen molar-refractivity contribution < 1.29 is 28.9 Å². The van der Waals surface area contributed by atoms with Gasteiger partial charge in [0.1, 0.15) is 11.5 Å². The van der Waals surface area contributed by atoms with E-state index in [1.165, 1.54) is 48.5 Å². The molecule has 0 aliphatic carbocycles. The lowest BCUT2D eigenvalue weighted by molar-refractivity contribution is -0.385. The maximum absolute atomic E-state index is 12.9. The first-order valence-electron chi connectivity index (χ1n) is 11.8. The van der Waals surface area contributed by atoms with Gasteiger partial charge in [-0.25, -0.2) is 0 Å².